The van der Waals surface area contributed by atoms with Crippen LogP contribution in [-0.2, 0) is 4.57 Å². The highest BCUT2D eigenvalue weighted by molar-refractivity contribution is 9.10. The Morgan fingerprint density at radius 1 is 0.885 bits per heavy atom. The quantitative estimate of drug-likeness (QED) is 0.395. The van der Waals surface area contributed by atoms with Crippen molar-refractivity contribution in [2.75, 3.05) is 0 Å². The minimum Gasteiger partial charge on any atom is -0.297 e. The van der Waals surface area contributed by atoms with Gasteiger partial charge in [-0.1, -0.05) is 70.5 Å². The lowest BCUT2D eigenvalue weighted by Crippen LogP contribution is -2.30. The van der Waals surface area contributed by atoms with Gasteiger partial charge in [0.2, 0.25) is 7.29 Å². The Morgan fingerprint density at radius 2 is 1.38 bits per heavy atom. The van der Waals surface area contributed by atoms with Crippen molar-refractivity contribution in [1.29, 1.82) is 0 Å². The summed E-state index contributed by atoms with van der Waals surface area (Å²) >= 11 is 3.47. The molecule has 0 aliphatic rings. The first kappa shape index (κ1) is 18.8. The third kappa shape index (κ3) is 4.24. The second kappa shape index (κ2) is 8.64. The first-order valence-corrected chi connectivity index (χ1v) is 11.0. The summed E-state index contributed by atoms with van der Waals surface area (Å²) in [5, 5.41) is 5.07. The summed E-state index contributed by atoms with van der Waals surface area (Å²) in [6.07, 6.45) is 2.55. The highest BCUT2D eigenvalue weighted by atomic mass is 79.9. The van der Waals surface area contributed by atoms with E-state index in [1.807, 2.05) is 91.0 Å². The highest BCUT2D eigenvalue weighted by Crippen LogP contribution is 2.42. The van der Waals surface area contributed by atoms with Crippen LogP contribution >= 0.6 is 23.2 Å². The van der Waals surface area contributed by atoms with Crippen molar-refractivity contribution in [3.63, 3.8) is 0 Å². The largest absolute Gasteiger partial charge is 0.297 e. The third-order valence-electron chi connectivity index (χ3n) is 4.25. The van der Waals surface area contributed by atoms with Crippen molar-refractivity contribution in [2.24, 2.45) is 0 Å². The van der Waals surface area contributed by atoms with Crippen molar-refractivity contribution in [2.45, 2.75) is 12.5 Å². The maximum absolute atomic E-state index is 14.2. The van der Waals surface area contributed by atoms with Gasteiger partial charge in [0.25, 0.3) is 0 Å². The number of rotatable bonds is 7. The van der Waals surface area contributed by atoms with Crippen LogP contribution in [0.4, 0.5) is 0 Å². The molecular formula is C22H21BrNOP. The van der Waals surface area contributed by atoms with Gasteiger partial charge in [0.1, 0.15) is 0 Å². The zero-order valence-electron chi connectivity index (χ0n) is 14.4. The van der Waals surface area contributed by atoms with Crippen LogP contribution in [-0.4, -0.2) is 0 Å². The summed E-state index contributed by atoms with van der Waals surface area (Å²) in [5.74, 6) is 0. The maximum Gasteiger partial charge on any atom is 0.205 e. The van der Waals surface area contributed by atoms with E-state index in [0.717, 1.165) is 20.6 Å². The molecule has 1 atom stereocenters. The summed E-state index contributed by atoms with van der Waals surface area (Å²) in [4.78, 5) is 0. The highest BCUT2D eigenvalue weighted by Gasteiger charge is 2.30. The molecule has 0 aliphatic heterocycles. The van der Waals surface area contributed by atoms with Gasteiger partial charge in [0.15, 0.2) is 0 Å². The molecule has 1 N–H and O–H groups in total. The van der Waals surface area contributed by atoms with Crippen molar-refractivity contribution in [3.05, 3.63) is 108 Å². The van der Waals surface area contributed by atoms with Gasteiger partial charge in [0, 0.05) is 21.1 Å². The van der Waals surface area contributed by atoms with Gasteiger partial charge >= 0.3 is 0 Å². The lowest BCUT2D eigenvalue weighted by Gasteiger charge is -2.27. The lowest BCUT2D eigenvalue weighted by atomic mass is 10.1. The predicted molar refractivity (Wildman–Crippen MR) is 115 cm³/mol. The van der Waals surface area contributed by atoms with Gasteiger partial charge in [-0.25, -0.2) is 0 Å². The van der Waals surface area contributed by atoms with Gasteiger partial charge in [-0.15, -0.1) is 6.58 Å². The number of nitrogens with one attached hydrogen (secondary N) is 1. The molecule has 0 spiro atoms. The van der Waals surface area contributed by atoms with Gasteiger partial charge in [-0.3, -0.25) is 9.65 Å². The fraction of sp³-hybridized carbons (Fsp3) is 0.0909. The Kier molecular flexibility index (Phi) is 6.26. The molecule has 0 radical (unpaired) electrons. The Morgan fingerprint density at radius 3 is 1.85 bits per heavy atom. The molecule has 0 heterocycles. The minimum absolute atomic E-state index is 0.0909. The number of halogens is 1. The summed E-state index contributed by atoms with van der Waals surface area (Å²) in [6, 6.07) is 27.3. The topological polar surface area (TPSA) is 29.1 Å². The number of hydrogen-bond acceptors (Lipinski definition) is 1. The summed E-state index contributed by atoms with van der Waals surface area (Å²) in [6.45, 7) is 3.88. The lowest BCUT2D eigenvalue weighted by molar-refractivity contribution is 0.561. The van der Waals surface area contributed by atoms with Gasteiger partial charge < -0.3 is 0 Å². The van der Waals surface area contributed by atoms with E-state index in [-0.39, 0.29) is 6.04 Å². The van der Waals surface area contributed by atoms with E-state index in [1.165, 1.54) is 0 Å². The zero-order chi connectivity index (χ0) is 18.4. The Bertz CT molecular complexity index is 851. The fourth-order valence-corrected chi connectivity index (χ4v) is 5.66. The molecule has 26 heavy (non-hydrogen) atoms. The van der Waals surface area contributed by atoms with E-state index in [4.69, 9.17) is 0 Å². The number of benzene rings is 3. The van der Waals surface area contributed by atoms with E-state index >= 15 is 0 Å². The molecule has 4 heteroatoms. The summed E-state index contributed by atoms with van der Waals surface area (Å²) in [5.41, 5.74) is 1.08. The van der Waals surface area contributed by atoms with E-state index in [2.05, 4.69) is 27.6 Å². The molecule has 0 saturated heterocycles. The molecule has 132 valence electrons. The van der Waals surface area contributed by atoms with Gasteiger partial charge in [-0.2, -0.15) is 0 Å². The number of hydrogen-bond donors (Lipinski definition) is 1. The van der Waals surface area contributed by atoms with E-state index in [1.54, 1.807) is 0 Å². The van der Waals surface area contributed by atoms with Crippen LogP contribution in [0.3, 0.4) is 0 Å². The van der Waals surface area contributed by atoms with Gasteiger partial charge in [-0.05, 0) is 48.4 Å². The van der Waals surface area contributed by atoms with E-state index in [0.29, 0.717) is 6.42 Å². The van der Waals surface area contributed by atoms with Crippen LogP contribution in [0.2, 0.25) is 0 Å². The maximum atomic E-state index is 14.2. The third-order valence-corrected chi connectivity index (χ3v) is 7.51. The molecule has 0 aromatic heterocycles. The summed E-state index contributed by atoms with van der Waals surface area (Å²) < 4.78 is 15.2. The van der Waals surface area contributed by atoms with Crippen LogP contribution in [0.15, 0.2) is 102 Å². The molecule has 2 nitrogen and oxygen atoms in total. The summed E-state index contributed by atoms with van der Waals surface area (Å²) in [7, 11) is -3.00. The minimum atomic E-state index is -3.00. The van der Waals surface area contributed by atoms with Crippen LogP contribution in [0.5, 0.6) is 0 Å². The molecule has 0 amide bonds. The van der Waals surface area contributed by atoms with Crippen LogP contribution in [0.25, 0.3) is 0 Å². The van der Waals surface area contributed by atoms with Gasteiger partial charge in [0.05, 0.1) is 0 Å². The molecule has 0 saturated carbocycles. The normalized spacial score (nSPS) is 12.5. The fourth-order valence-electron chi connectivity index (χ4n) is 2.92. The second-order valence-electron chi connectivity index (χ2n) is 6.04. The molecule has 0 fully saturated rings. The monoisotopic (exact) mass is 425 g/mol. The smallest absolute Gasteiger partial charge is 0.205 e. The SMILES string of the molecule is C=CCC(NP(=O)(c1ccccc1)c1ccccc1)c1ccc(Br)cc1. The van der Waals surface area contributed by atoms with E-state index in [9.17, 15) is 4.57 Å². The van der Waals surface area contributed by atoms with Crippen LogP contribution in [0, 0.1) is 0 Å². The first-order chi connectivity index (χ1) is 12.6. The average molecular weight is 426 g/mol. The second-order valence-corrected chi connectivity index (χ2v) is 9.46. The molecule has 3 rings (SSSR count). The molecule has 3 aromatic carbocycles. The standard InChI is InChI=1S/C22H21BrNOP/c1-2-9-22(18-14-16-19(23)17-15-18)24-26(25,20-10-5-3-6-11-20)21-12-7-4-8-13-21/h2-8,10-17,22H,1,9H2,(H,24,25). The molecule has 0 bridgehead atoms. The average Bonchev–Trinajstić information content (AvgIpc) is 2.69. The van der Waals surface area contributed by atoms with E-state index < -0.39 is 7.29 Å². The molecule has 0 aliphatic carbocycles. The van der Waals surface area contributed by atoms with Crippen molar-refractivity contribution in [1.82, 2.24) is 5.09 Å². The zero-order valence-corrected chi connectivity index (χ0v) is 16.9. The molecular weight excluding hydrogens is 405 g/mol. The Hall–Kier alpha value is -1.93. The Balaban J connectivity index is 2.05. The predicted octanol–water partition coefficient (Wildman–Crippen LogP) is 5.59. The van der Waals surface area contributed by atoms with Crippen molar-refractivity contribution in [3.8, 4) is 0 Å². The van der Waals surface area contributed by atoms with Crippen molar-refractivity contribution >= 4 is 33.8 Å². The molecule has 1 unspecified atom stereocenters. The van der Waals surface area contributed by atoms with Crippen LogP contribution < -0.4 is 15.7 Å². The Labute approximate surface area is 163 Å². The first-order valence-electron chi connectivity index (χ1n) is 8.49. The molecule has 3 aromatic rings. The van der Waals surface area contributed by atoms with Crippen LogP contribution in [0.1, 0.15) is 18.0 Å². The van der Waals surface area contributed by atoms with Crippen molar-refractivity contribution < 1.29 is 4.57 Å².